The Balaban J connectivity index is 1.95. The van der Waals surface area contributed by atoms with Gasteiger partial charge in [0.1, 0.15) is 18.6 Å². The van der Waals surface area contributed by atoms with E-state index >= 15 is 0 Å². The third kappa shape index (κ3) is 8.35. The van der Waals surface area contributed by atoms with E-state index in [1.807, 2.05) is 20.8 Å². The number of ether oxygens (including phenoxy) is 4. The molecule has 0 bridgehead atoms. The lowest BCUT2D eigenvalue weighted by atomic mass is 9.94. The van der Waals surface area contributed by atoms with Crippen LogP contribution in [0.1, 0.15) is 67.2 Å². The van der Waals surface area contributed by atoms with E-state index in [1.54, 1.807) is 13.8 Å². The summed E-state index contributed by atoms with van der Waals surface area (Å²) >= 11 is 0. The van der Waals surface area contributed by atoms with E-state index in [9.17, 15) is 4.57 Å². The van der Waals surface area contributed by atoms with Gasteiger partial charge in [0, 0.05) is 25.8 Å². The van der Waals surface area contributed by atoms with Crippen molar-refractivity contribution in [3.05, 3.63) is 0 Å². The van der Waals surface area contributed by atoms with E-state index in [1.165, 1.54) is 12.8 Å². The molecule has 8 nitrogen and oxygen atoms in total. The molecule has 184 valence electrons. The SMILES string of the molecule is CCOCCCCCCN1C[C@H](OCP(=O)(OCC)OCC)[C@H]2OC(C)(C)O[C@H]2[C@H]1C. The van der Waals surface area contributed by atoms with E-state index in [-0.39, 0.29) is 30.7 Å². The first kappa shape index (κ1) is 27.2. The molecule has 0 saturated carbocycles. The van der Waals surface area contributed by atoms with Gasteiger partial charge in [0.05, 0.1) is 19.3 Å². The third-order valence-corrected chi connectivity index (χ3v) is 7.55. The van der Waals surface area contributed by atoms with E-state index < -0.39 is 13.4 Å². The average molecular weight is 466 g/mol. The van der Waals surface area contributed by atoms with Crippen LogP contribution in [0.5, 0.6) is 0 Å². The molecular formula is C22H44NO7P. The highest BCUT2D eigenvalue weighted by atomic mass is 31.2. The largest absolute Gasteiger partial charge is 0.382 e. The number of likely N-dealkylation sites (tertiary alicyclic amines) is 1. The Hall–Kier alpha value is -0.0500. The summed E-state index contributed by atoms with van der Waals surface area (Å²) in [5.41, 5.74) is 0. The molecule has 0 amide bonds. The third-order valence-electron chi connectivity index (χ3n) is 5.78. The quantitative estimate of drug-likeness (QED) is 0.260. The van der Waals surface area contributed by atoms with E-state index in [4.69, 9.17) is 28.0 Å². The zero-order chi connectivity index (χ0) is 22.9. The summed E-state index contributed by atoms with van der Waals surface area (Å²) in [6.07, 6.45) is 3.93. The van der Waals surface area contributed by atoms with Crippen LogP contribution in [0.2, 0.25) is 0 Å². The first-order valence-electron chi connectivity index (χ1n) is 11.9. The molecule has 0 aromatic heterocycles. The Morgan fingerprint density at radius 2 is 1.61 bits per heavy atom. The lowest BCUT2D eigenvalue weighted by Gasteiger charge is -2.43. The van der Waals surface area contributed by atoms with Crippen LogP contribution < -0.4 is 0 Å². The molecule has 2 fully saturated rings. The van der Waals surface area contributed by atoms with Crippen LogP contribution in [0, 0.1) is 0 Å². The molecule has 2 aliphatic rings. The summed E-state index contributed by atoms with van der Waals surface area (Å²) in [6, 6.07) is 0.223. The Kier molecular flexibility index (Phi) is 11.4. The Bertz CT molecular complexity index is 552. The topological polar surface area (TPSA) is 75.7 Å². The molecule has 0 radical (unpaired) electrons. The second-order valence-corrected chi connectivity index (χ2v) is 10.7. The minimum Gasteiger partial charge on any atom is -0.382 e. The van der Waals surface area contributed by atoms with Crippen molar-refractivity contribution < 1.29 is 32.6 Å². The molecule has 0 aromatic rings. The molecule has 2 saturated heterocycles. The number of nitrogens with zero attached hydrogens (tertiary/aromatic N) is 1. The van der Waals surface area contributed by atoms with Crippen molar-refractivity contribution >= 4 is 7.60 Å². The van der Waals surface area contributed by atoms with Crippen LogP contribution in [0.25, 0.3) is 0 Å². The van der Waals surface area contributed by atoms with E-state index in [2.05, 4.69) is 11.8 Å². The molecule has 0 N–H and O–H groups in total. The van der Waals surface area contributed by atoms with Crippen LogP contribution in [0.4, 0.5) is 0 Å². The van der Waals surface area contributed by atoms with Gasteiger partial charge in [-0.05, 0) is 60.9 Å². The molecule has 0 aliphatic carbocycles. The summed E-state index contributed by atoms with van der Waals surface area (Å²) in [6.45, 7) is 15.6. The summed E-state index contributed by atoms with van der Waals surface area (Å²) < 4.78 is 47.6. The number of unbranched alkanes of at least 4 members (excludes halogenated alkanes) is 3. The van der Waals surface area contributed by atoms with Crippen LogP contribution in [0.15, 0.2) is 0 Å². The maximum Gasteiger partial charge on any atom is 0.356 e. The number of hydrogen-bond donors (Lipinski definition) is 0. The standard InChI is InChI=1S/C22H44NO7P/c1-7-25-15-13-11-10-12-14-23-16-19(26-17-31(24,27-8-2)28-9-3)21-20(18(23)4)29-22(5,6)30-21/h18-21H,7-17H2,1-6H3/t18-,19+,20+,21-/m1/s1. The van der Waals surface area contributed by atoms with Gasteiger partial charge in [-0.25, -0.2) is 0 Å². The molecule has 0 spiro atoms. The van der Waals surface area contributed by atoms with Crippen LogP contribution in [0.3, 0.4) is 0 Å². The van der Waals surface area contributed by atoms with Crippen molar-refractivity contribution in [2.24, 2.45) is 0 Å². The highest BCUT2D eigenvalue weighted by Crippen LogP contribution is 2.49. The zero-order valence-electron chi connectivity index (χ0n) is 20.3. The van der Waals surface area contributed by atoms with Gasteiger partial charge in [-0.1, -0.05) is 12.8 Å². The van der Waals surface area contributed by atoms with Crippen molar-refractivity contribution in [2.45, 2.75) is 97.4 Å². The van der Waals surface area contributed by atoms with Crippen LogP contribution >= 0.6 is 7.60 Å². The lowest BCUT2D eigenvalue weighted by molar-refractivity contribution is -0.155. The zero-order valence-corrected chi connectivity index (χ0v) is 21.2. The fraction of sp³-hybridized carbons (Fsp3) is 1.00. The lowest BCUT2D eigenvalue weighted by Crippen LogP contribution is -2.59. The van der Waals surface area contributed by atoms with Crippen molar-refractivity contribution in [1.82, 2.24) is 4.90 Å². The number of hydrogen-bond acceptors (Lipinski definition) is 8. The fourth-order valence-corrected chi connectivity index (χ4v) is 5.72. The summed E-state index contributed by atoms with van der Waals surface area (Å²) in [5.74, 6) is -0.663. The van der Waals surface area contributed by atoms with Gasteiger partial charge >= 0.3 is 7.60 Å². The van der Waals surface area contributed by atoms with Crippen molar-refractivity contribution in [1.29, 1.82) is 0 Å². The minimum absolute atomic E-state index is 0.0774. The van der Waals surface area contributed by atoms with Gasteiger partial charge in [0.15, 0.2) is 5.79 Å². The van der Waals surface area contributed by atoms with Gasteiger partial charge in [-0.15, -0.1) is 0 Å². The normalized spacial score (nSPS) is 28.7. The highest BCUT2D eigenvalue weighted by Gasteiger charge is 2.52. The smallest absolute Gasteiger partial charge is 0.356 e. The Labute approximate surface area is 188 Å². The molecule has 2 aliphatic heterocycles. The Morgan fingerprint density at radius 1 is 0.968 bits per heavy atom. The van der Waals surface area contributed by atoms with Crippen LogP contribution in [-0.2, 0) is 32.6 Å². The number of piperidine rings is 1. The van der Waals surface area contributed by atoms with Gasteiger partial charge in [-0.2, -0.15) is 0 Å². The second-order valence-electron chi connectivity index (χ2n) is 8.69. The molecule has 9 heteroatoms. The monoisotopic (exact) mass is 465 g/mol. The fourth-order valence-electron chi connectivity index (χ4n) is 4.34. The number of fused-ring (bicyclic) bond motifs is 1. The van der Waals surface area contributed by atoms with Crippen molar-refractivity contribution in [2.75, 3.05) is 45.9 Å². The summed E-state index contributed by atoms with van der Waals surface area (Å²) in [5, 5.41) is 0. The van der Waals surface area contributed by atoms with Crippen molar-refractivity contribution in [3.8, 4) is 0 Å². The Morgan fingerprint density at radius 3 is 2.26 bits per heavy atom. The predicted molar refractivity (Wildman–Crippen MR) is 120 cm³/mol. The van der Waals surface area contributed by atoms with E-state index in [0.717, 1.165) is 32.6 Å². The highest BCUT2D eigenvalue weighted by molar-refractivity contribution is 7.53. The predicted octanol–water partition coefficient (Wildman–Crippen LogP) is 4.42. The molecule has 0 aromatic carbocycles. The first-order chi connectivity index (χ1) is 14.7. The molecule has 2 rings (SSSR count). The van der Waals surface area contributed by atoms with Gasteiger partial charge in [0.2, 0.25) is 0 Å². The summed E-state index contributed by atoms with van der Waals surface area (Å²) in [7, 11) is -3.28. The van der Waals surface area contributed by atoms with Crippen molar-refractivity contribution in [3.63, 3.8) is 0 Å². The molecular weight excluding hydrogens is 421 g/mol. The van der Waals surface area contributed by atoms with Gasteiger partial charge in [0.25, 0.3) is 0 Å². The van der Waals surface area contributed by atoms with Gasteiger partial charge < -0.3 is 28.0 Å². The first-order valence-corrected chi connectivity index (χ1v) is 13.6. The maximum atomic E-state index is 12.9. The summed E-state index contributed by atoms with van der Waals surface area (Å²) in [4.78, 5) is 2.41. The molecule has 0 unspecified atom stereocenters. The average Bonchev–Trinajstić information content (AvgIpc) is 3.04. The molecule has 4 atom stereocenters. The molecule has 2 heterocycles. The van der Waals surface area contributed by atoms with Gasteiger partial charge in [-0.3, -0.25) is 9.46 Å². The second kappa shape index (κ2) is 13.0. The van der Waals surface area contributed by atoms with E-state index in [0.29, 0.717) is 19.8 Å². The number of rotatable bonds is 15. The maximum absolute atomic E-state index is 12.9. The minimum atomic E-state index is -3.28. The molecule has 31 heavy (non-hydrogen) atoms. The van der Waals surface area contributed by atoms with Crippen LogP contribution in [-0.4, -0.2) is 80.9 Å².